The maximum atomic E-state index is 12.6. The SMILES string of the molecule is CN(OC(=O)C(F)(F)F)S(=O)(=O)c1cccc(Nc2cc(Nc3cccc(-c4ccccc4)c3)ncn2)c1. The molecule has 0 saturated carbocycles. The molecule has 3 aromatic carbocycles. The van der Waals surface area contributed by atoms with Crippen molar-refractivity contribution in [3.63, 3.8) is 0 Å². The largest absolute Gasteiger partial charge is 0.492 e. The third kappa shape index (κ3) is 6.44. The molecule has 0 unspecified atom stereocenters. The first kappa shape index (κ1) is 26.6. The number of nitrogens with zero attached hydrogens (tertiary/aromatic N) is 3. The van der Waals surface area contributed by atoms with Crippen molar-refractivity contribution >= 4 is 39.0 Å². The molecule has 0 radical (unpaired) electrons. The van der Waals surface area contributed by atoms with Crippen LogP contribution in [0.15, 0.2) is 96.2 Å². The molecule has 0 aliphatic heterocycles. The van der Waals surface area contributed by atoms with Crippen molar-refractivity contribution in [2.75, 3.05) is 17.7 Å². The van der Waals surface area contributed by atoms with Crippen LogP contribution in [0.3, 0.4) is 0 Å². The Morgan fingerprint density at radius 3 is 2.03 bits per heavy atom. The Morgan fingerprint density at radius 2 is 1.39 bits per heavy atom. The number of sulfonamides is 1. The zero-order valence-corrected chi connectivity index (χ0v) is 20.5. The molecule has 0 amide bonds. The maximum Gasteiger partial charge on any atom is 0.492 e. The lowest BCUT2D eigenvalue weighted by molar-refractivity contribution is -0.219. The molecule has 1 aromatic heterocycles. The zero-order chi connectivity index (χ0) is 27.3. The Balaban J connectivity index is 1.49. The molecule has 0 aliphatic carbocycles. The predicted molar refractivity (Wildman–Crippen MR) is 134 cm³/mol. The van der Waals surface area contributed by atoms with Gasteiger partial charge in [0.15, 0.2) is 0 Å². The number of nitrogens with one attached hydrogen (secondary N) is 2. The van der Waals surface area contributed by atoms with Crippen LogP contribution in [0.1, 0.15) is 0 Å². The fraction of sp³-hybridized carbons (Fsp3) is 0.0800. The number of hydroxylamine groups is 1. The van der Waals surface area contributed by atoms with Crippen LogP contribution in [0.4, 0.5) is 36.2 Å². The van der Waals surface area contributed by atoms with E-state index in [4.69, 9.17) is 0 Å². The van der Waals surface area contributed by atoms with Gasteiger partial charge in [0.1, 0.15) is 18.0 Å². The number of benzene rings is 3. The quantitative estimate of drug-likeness (QED) is 0.289. The summed E-state index contributed by atoms with van der Waals surface area (Å²) in [4.78, 5) is 22.9. The number of aromatic nitrogens is 2. The number of alkyl halides is 3. The smallest absolute Gasteiger partial charge is 0.345 e. The highest BCUT2D eigenvalue weighted by Crippen LogP contribution is 2.26. The highest BCUT2D eigenvalue weighted by Gasteiger charge is 2.43. The van der Waals surface area contributed by atoms with E-state index in [9.17, 15) is 26.4 Å². The lowest BCUT2D eigenvalue weighted by Crippen LogP contribution is -2.36. The Bertz CT molecular complexity index is 1550. The summed E-state index contributed by atoms with van der Waals surface area (Å²) in [6.07, 6.45) is -4.05. The van der Waals surface area contributed by atoms with E-state index < -0.39 is 27.1 Å². The van der Waals surface area contributed by atoms with E-state index in [2.05, 4.69) is 25.4 Å². The minimum absolute atomic E-state index is 0.141. The number of anilines is 4. The van der Waals surface area contributed by atoms with Gasteiger partial charge in [-0.15, -0.1) is 0 Å². The van der Waals surface area contributed by atoms with Gasteiger partial charge in [-0.25, -0.2) is 23.2 Å². The predicted octanol–water partition coefficient (Wildman–Crippen LogP) is 5.27. The molecule has 38 heavy (non-hydrogen) atoms. The molecule has 2 N–H and O–H groups in total. The van der Waals surface area contributed by atoms with Crippen LogP contribution in [0, 0.1) is 0 Å². The van der Waals surface area contributed by atoms with E-state index in [1.165, 1.54) is 18.5 Å². The molecule has 196 valence electrons. The van der Waals surface area contributed by atoms with Gasteiger partial charge in [-0.1, -0.05) is 48.5 Å². The van der Waals surface area contributed by atoms with Crippen molar-refractivity contribution in [1.82, 2.24) is 14.4 Å². The number of halogens is 3. The average molecular weight is 544 g/mol. The van der Waals surface area contributed by atoms with Gasteiger partial charge >= 0.3 is 12.1 Å². The summed E-state index contributed by atoms with van der Waals surface area (Å²) >= 11 is 0. The minimum Gasteiger partial charge on any atom is -0.345 e. The first-order chi connectivity index (χ1) is 18.0. The van der Waals surface area contributed by atoms with Crippen LogP contribution in [-0.2, 0) is 19.7 Å². The molecule has 1 heterocycles. The van der Waals surface area contributed by atoms with Gasteiger partial charge in [-0.2, -0.15) is 13.2 Å². The summed E-state index contributed by atoms with van der Waals surface area (Å²) in [5.74, 6) is -1.89. The number of hydrogen-bond acceptors (Lipinski definition) is 8. The van der Waals surface area contributed by atoms with E-state index in [0.717, 1.165) is 28.9 Å². The second-order valence-corrected chi connectivity index (χ2v) is 9.74. The summed E-state index contributed by atoms with van der Waals surface area (Å²) in [6, 6.07) is 24.3. The molecule has 0 bridgehead atoms. The van der Waals surface area contributed by atoms with Gasteiger partial charge in [0, 0.05) is 24.5 Å². The van der Waals surface area contributed by atoms with E-state index in [-0.39, 0.29) is 10.2 Å². The Morgan fingerprint density at radius 1 is 0.816 bits per heavy atom. The van der Waals surface area contributed by atoms with Crippen molar-refractivity contribution in [2.24, 2.45) is 0 Å². The summed E-state index contributed by atoms with van der Waals surface area (Å²) in [6.45, 7) is 0. The fourth-order valence-corrected chi connectivity index (χ4v) is 4.29. The van der Waals surface area contributed by atoms with Crippen molar-refractivity contribution in [2.45, 2.75) is 11.1 Å². The Kier molecular flexibility index (Phi) is 7.60. The van der Waals surface area contributed by atoms with Crippen molar-refractivity contribution in [3.05, 3.63) is 91.3 Å². The van der Waals surface area contributed by atoms with E-state index >= 15 is 0 Å². The van der Waals surface area contributed by atoms with Crippen LogP contribution < -0.4 is 10.6 Å². The summed E-state index contributed by atoms with van der Waals surface area (Å²) in [7, 11) is -3.89. The van der Waals surface area contributed by atoms with E-state index in [1.807, 2.05) is 54.6 Å². The minimum atomic E-state index is -5.35. The van der Waals surface area contributed by atoms with Crippen molar-refractivity contribution < 1.29 is 31.2 Å². The van der Waals surface area contributed by atoms with Gasteiger partial charge in [0.25, 0.3) is 10.0 Å². The van der Waals surface area contributed by atoms with Crippen molar-refractivity contribution in [1.29, 1.82) is 0 Å². The topological polar surface area (TPSA) is 114 Å². The fourth-order valence-electron chi connectivity index (χ4n) is 3.30. The first-order valence-corrected chi connectivity index (χ1v) is 12.4. The molecule has 0 spiro atoms. The molecule has 9 nitrogen and oxygen atoms in total. The molecule has 0 aliphatic rings. The number of hydrogen-bond donors (Lipinski definition) is 2. The standard InChI is InChI=1S/C25H20F3N5O4S/c1-33(37-24(34)25(26,27)28)38(35,36)21-12-6-11-20(14-21)32-23-15-22(29-16-30-23)31-19-10-5-9-18(13-19)17-7-3-2-4-8-17/h2-16H,1H3,(H2,29,30,31,32). The molecule has 0 fully saturated rings. The normalized spacial score (nSPS) is 11.7. The zero-order valence-electron chi connectivity index (χ0n) is 19.7. The lowest BCUT2D eigenvalue weighted by atomic mass is 10.1. The van der Waals surface area contributed by atoms with Crippen LogP contribution >= 0.6 is 0 Å². The number of rotatable bonds is 8. The van der Waals surface area contributed by atoms with Gasteiger partial charge in [-0.3, -0.25) is 0 Å². The van der Waals surface area contributed by atoms with Crippen LogP contribution in [0.25, 0.3) is 11.1 Å². The van der Waals surface area contributed by atoms with E-state index in [0.29, 0.717) is 18.7 Å². The maximum absolute atomic E-state index is 12.6. The second-order valence-electron chi connectivity index (χ2n) is 7.80. The number of carbonyl (C=O) groups excluding carboxylic acids is 1. The Labute approximate surface area is 215 Å². The average Bonchev–Trinajstić information content (AvgIpc) is 2.89. The third-order valence-corrected chi connectivity index (χ3v) is 6.70. The Hall–Kier alpha value is -4.49. The highest BCUT2D eigenvalue weighted by atomic mass is 32.2. The van der Waals surface area contributed by atoms with Gasteiger partial charge < -0.3 is 15.5 Å². The summed E-state index contributed by atoms with van der Waals surface area (Å²) < 4.78 is 62.4. The van der Waals surface area contributed by atoms with Crippen LogP contribution in [0.5, 0.6) is 0 Å². The molecular formula is C25H20F3N5O4S. The van der Waals surface area contributed by atoms with Crippen molar-refractivity contribution in [3.8, 4) is 11.1 Å². The number of carbonyl (C=O) groups is 1. The molecule has 4 aromatic rings. The van der Waals surface area contributed by atoms with Gasteiger partial charge in [0.2, 0.25) is 0 Å². The third-order valence-electron chi connectivity index (χ3n) is 5.09. The van der Waals surface area contributed by atoms with Crippen LogP contribution in [-0.4, -0.2) is 42.0 Å². The summed E-state index contributed by atoms with van der Waals surface area (Å²) in [5.41, 5.74) is 3.10. The van der Waals surface area contributed by atoms with Gasteiger partial charge in [-0.05, 0) is 45.9 Å². The second kappa shape index (κ2) is 10.9. The molecule has 0 atom stereocenters. The van der Waals surface area contributed by atoms with Gasteiger partial charge in [0.05, 0.1) is 4.90 Å². The molecular weight excluding hydrogens is 523 g/mol. The summed E-state index contributed by atoms with van der Waals surface area (Å²) in [5, 5.41) is 6.11. The lowest BCUT2D eigenvalue weighted by Gasteiger charge is -2.17. The molecule has 0 saturated heterocycles. The highest BCUT2D eigenvalue weighted by molar-refractivity contribution is 7.89. The molecule has 4 rings (SSSR count). The first-order valence-electron chi connectivity index (χ1n) is 10.9. The molecule has 13 heteroatoms. The van der Waals surface area contributed by atoms with Crippen LogP contribution in [0.2, 0.25) is 0 Å². The van der Waals surface area contributed by atoms with E-state index in [1.54, 1.807) is 6.07 Å². The monoisotopic (exact) mass is 543 g/mol.